The van der Waals surface area contributed by atoms with Gasteiger partial charge < -0.3 is 24.6 Å². The molecule has 39 heavy (non-hydrogen) atoms. The molecule has 0 unspecified atom stereocenters. The molecular formula is C31H36BrN3O4. The standard InChI is InChI=1S/C31H36BrN3O4/c1-4-30-16-7-17-34(19-15-27(36)33-23-12-10-22(32)11-13-23)18-14-25-24-8-5-6-9-26(24)35(28(25)21(30)2)31(38,20-30)29(37)39-3/h5-6,8-13,15,19,21,38H,4,7,14,16-18,20H2,1-3H3,(H,33,36)/b19-15+/t21-,30-,31-/m0/s1. The summed E-state index contributed by atoms with van der Waals surface area (Å²) >= 11 is 3.41. The van der Waals surface area contributed by atoms with Gasteiger partial charge in [0.1, 0.15) is 0 Å². The summed E-state index contributed by atoms with van der Waals surface area (Å²) in [6.45, 7) is 5.90. The number of nitrogens with one attached hydrogen (secondary N) is 1. The van der Waals surface area contributed by atoms with Crippen molar-refractivity contribution in [3.05, 3.63) is 76.5 Å². The number of aromatic nitrogens is 1. The van der Waals surface area contributed by atoms with E-state index in [1.54, 1.807) is 6.08 Å². The first-order chi connectivity index (χ1) is 18.7. The second-order valence-electron chi connectivity index (χ2n) is 10.8. The smallest absolute Gasteiger partial charge is 0.359 e. The average molecular weight is 595 g/mol. The number of carbonyl (C=O) groups is 2. The first-order valence-electron chi connectivity index (χ1n) is 13.6. The van der Waals surface area contributed by atoms with Gasteiger partial charge in [0.15, 0.2) is 0 Å². The summed E-state index contributed by atoms with van der Waals surface area (Å²) in [7, 11) is 1.35. The van der Waals surface area contributed by atoms with Gasteiger partial charge in [0.05, 0.1) is 12.6 Å². The van der Waals surface area contributed by atoms with E-state index in [0.717, 1.165) is 64.5 Å². The number of amides is 1. The summed E-state index contributed by atoms with van der Waals surface area (Å²) < 4.78 is 8.00. The number of hydrogen-bond donors (Lipinski definition) is 2. The second kappa shape index (κ2) is 10.8. The summed E-state index contributed by atoms with van der Waals surface area (Å²) in [5, 5.41) is 16.0. The lowest BCUT2D eigenvalue weighted by Gasteiger charge is -2.50. The highest BCUT2D eigenvalue weighted by atomic mass is 79.9. The summed E-state index contributed by atoms with van der Waals surface area (Å²) in [5.41, 5.74) is 1.74. The molecule has 0 saturated heterocycles. The van der Waals surface area contributed by atoms with Crippen LogP contribution >= 0.6 is 15.9 Å². The van der Waals surface area contributed by atoms with Crippen LogP contribution in [-0.2, 0) is 26.5 Å². The first kappa shape index (κ1) is 27.5. The van der Waals surface area contributed by atoms with Gasteiger partial charge in [-0.3, -0.25) is 4.79 Å². The molecule has 2 aliphatic rings. The Labute approximate surface area is 238 Å². The van der Waals surface area contributed by atoms with Gasteiger partial charge in [-0.15, -0.1) is 0 Å². The molecule has 1 aromatic heterocycles. The monoisotopic (exact) mass is 593 g/mol. The Hall–Kier alpha value is -3.10. The Bertz CT molecular complexity index is 1420. The van der Waals surface area contributed by atoms with E-state index in [1.807, 2.05) is 53.2 Å². The van der Waals surface area contributed by atoms with Crippen molar-refractivity contribution in [1.29, 1.82) is 0 Å². The van der Waals surface area contributed by atoms with Gasteiger partial charge in [-0.1, -0.05) is 48.0 Å². The summed E-state index contributed by atoms with van der Waals surface area (Å²) in [6.07, 6.45) is 7.07. The van der Waals surface area contributed by atoms with Crippen LogP contribution < -0.4 is 5.32 Å². The van der Waals surface area contributed by atoms with Gasteiger partial charge >= 0.3 is 5.97 Å². The van der Waals surface area contributed by atoms with E-state index >= 15 is 0 Å². The molecule has 0 spiro atoms. The number of benzene rings is 2. The molecule has 0 fully saturated rings. The van der Waals surface area contributed by atoms with Crippen molar-refractivity contribution in [2.24, 2.45) is 5.41 Å². The molecular weight excluding hydrogens is 558 g/mol. The van der Waals surface area contributed by atoms with E-state index in [4.69, 9.17) is 4.74 Å². The van der Waals surface area contributed by atoms with Crippen LogP contribution in [0.1, 0.15) is 56.7 Å². The maximum Gasteiger partial charge on any atom is 0.359 e. The van der Waals surface area contributed by atoms with Gasteiger partial charge in [-0.2, -0.15) is 0 Å². The van der Waals surface area contributed by atoms with Crippen molar-refractivity contribution >= 4 is 44.4 Å². The topological polar surface area (TPSA) is 83.8 Å². The van der Waals surface area contributed by atoms with Crippen molar-refractivity contribution in [1.82, 2.24) is 9.47 Å². The Morgan fingerprint density at radius 2 is 1.92 bits per heavy atom. The van der Waals surface area contributed by atoms with Crippen molar-refractivity contribution in [2.45, 2.75) is 57.6 Å². The number of nitrogens with zero attached hydrogens (tertiary/aromatic N) is 2. The lowest BCUT2D eigenvalue weighted by molar-refractivity contribution is -0.186. The Morgan fingerprint density at radius 3 is 2.64 bits per heavy atom. The fourth-order valence-corrected chi connectivity index (χ4v) is 7.00. The first-order valence-corrected chi connectivity index (χ1v) is 14.4. The third kappa shape index (κ3) is 4.89. The molecule has 3 aromatic rings. The highest BCUT2D eigenvalue weighted by Gasteiger charge is 2.55. The molecule has 8 heteroatoms. The summed E-state index contributed by atoms with van der Waals surface area (Å²) in [4.78, 5) is 28.0. The van der Waals surface area contributed by atoms with Crippen LogP contribution in [0.5, 0.6) is 0 Å². The fourth-order valence-electron chi connectivity index (χ4n) is 6.74. The number of para-hydroxylation sites is 1. The van der Waals surface area contributed by atoms with E-state index in [9.17, 15) is 14.7 Å². The molecule has 2 aromatic carbocycles. The number of anilines is 1. The number of esters is 1. The van der Waals surface area contributed by atoms with E-state index < -0.39 is 11.7 Å². The quantitative estimate of drug-likeness (QED) is 0.283. The summed E-state index contributed by atoms with van der Waals surface area (Å²) in [6, 6.07) is 15.5. The van der Waals surface area contributed by atoms with Crippen LogP contribution in [0, 0.1) is 5.41 Å². The zero-order valence-electron chi connectivity index (χ0n) is 22.7. The van der Waals surface area contributed by atoms with Gasteiger partial charge in [0, 0.05) is 58.9 Å². The molecule has 7 nitrogen and oxygen atoms in total. The predicted octanol–water partition coefficient (Wildman–Crippen LogP) is 5.92. The number of hydrogen-bond acceptors (Lipinski definition) is 5. The summed E-state index contributed by atoms with van der Waals surface area (Å²) in [5.74, 6) is -0.625. The molecule has 3 heterocycles. The molecule has 2 bridgehead atoms. The molecule has 0 aliphatic carbocycles. The number of carbonyl (C=O) groups excluding carboxylic acids is 2. The van der Waals surface area contributed by atoms with Crippen molar-refractivity contribution in [3.8, 4) is 0 Å². The number of rotatable bonds is 5. The van der Waals surface area contributed by atoms with Crippen LogP contribution in [0.4, 0.5) is 5.69 Å². The van der Waals surface area contributed by atoms with Crippen LogP contribution in [0.15, 0.2) is 65.3 Å². The maximum atomic E-state index is 13.2. The van der Waals surface area contributed by atoms with Crippen molar-refractivity contribution < 1.29 is 19.4 Å². The molecule has 1 amide bonds. The van der Waals surface area contributed by atoms with Crippen LogP contribution in [-0.4, -0.2) is 46.6 Å². The molecule has 206 valence electrons. The largest absolute Gasteiger partial charge is 0.465 e. The van der Waals surface area contributed by atoms with Gasteiger partial charge in [0.25, 0.3) is 0 Å². The SMILES string of the molecule is CC[C@]12CCCN(/C=C/C(=O)Nc3ccc(Br)cc3)CCc3c(n(c4ccccc34)[C@@](O)(C(=O)OC)C1)[C@@H]2C. The fraction of sp³-hybridized carbons (Fsp3) is 0.419. The lowest BCUT2D eigenvalue weighted by Crippen LogP contribution is -2.53. The Morgan fingerprint density at radius 1 is 1.18 bits per heavy atom. The minimum absolute atomic E-state index is 0.161. The van der Waals surface area contributed by atoms with E-state index in [2.05, 4.69) is 46.1 Å². The Kier molecular flexibility index (Phi) is 7.62. The number of ether oxygens (including phenoxy) is 1. The average Bonchev–Trinajstić information content (AvgIpc) is 3.28. The highest BCUT2D eigenvalue weighted by molar-refractivity contribution is 9.10. The highest BCUT2D eigenvalue weighted by Crippen LogP contribution is 2.56. The molecule has 2 N–H and O–H groups in total. The van der Waals surface area contributed by atoms with Crippen LogP contribution in [0.3, 0.4) is 0 Å². The molecule has 5 rings (SSSR count). The lowest BCUT2D eigenvalue weighted by atomic mass is 9.62. The zero-order chi connectivity index (χ0) is 27.8. The van der Waals surface area contributed by atoms with E-state index in [1.165, 1.54) is 7.11 Å². The third-order valence-electron chi connectivity index (χ3n) is 8.85. The van der Waals surface area contributed by atoms with Gasteiger partial charge in [-0.05, 0) is 67.0 Å². The number of fused-ring (bicyclic) bond motifs is 4. The van der Waals surface area contributed by atoms with Gasteiger partial charge in [0.2, 0.25) is 11.6 Å². The van der Waals surface area contributed by atoms with Crippen LogP contribution in [0.25, 0.3) is 10.9 Å². The number of halogens is 1. The number of aliphatic hydroxyl groups is 1. The molecule has 3 atom stereocenters. The second-order valence-corrected chi connectivity index (χ2v) is 11.8. The van der Waals surface area contributed by atoms with Crippen molar-refractivity contribution in [3.63, 3.8) is 0 Å². The molecule has 0 saturated carbocycles. The van der Waals surface area contributed by atoms with E-state index in [0.29, 0.717) is 13.0 Å². The number of methoxy groups -OCH3 is 1. The third-order valence-corrected chi connectivity index (χ3v) is 9.38. The van der Waals surface area contributed by atoms with E-state index in [-0.39, 0.29) is 17.2 Å². The minimum Gasteiger partial charge on any atom is -0.465 e. The Balaban J connectivity index is 1.51. The predicted molar refractivity (Wildman–Crippen MR) is 156 cm³/mol. The van der Waals surface area contributed by atoms with Crippen LogP contribution in [0.2, 0.25) is 0 Å². The van der Waals surface area contributed by atoms with Gasteiger partial charge in [-0.25, -0.2) is 4.79 Å². The molecule has 2 aliphatic heterocycles. The zero-order valence-corrected chi connectivity index (χ0v) is 24.3. The maximum absolute atomic E-state index is 13.2. The molecule has 0 radical (unpaired) electrons. The minimum atomic E-state index is -1.76. The normalized spacial score (nSPS) is 25.1. The van der Waals surface area contributed by atoms with Crippen molar-refractivity contribution in [2.75, 3.05) is 25.5 Å².